The van der Waals surface area contributed by atoms with Crippen molar-refractivity contribution >= 4 is 5.97 Å². The number of rotatable bonds is 4. The Morgan fingerprint density at radius 2 is 2.77 bits per heavy atom. The van der Waals surface area contributed by atoms with E-state index in [1.54, 1.807) is 17.8 Å². The third-order valence-electron chi connectivity index (χ3n) is 1.64. The molecule has 0 aliphatic carbocycles. The lowest BCUT2D eigenvalue weighted by molar-refractivity contribution is -0.139. The van der Waals surface area contributed by atoms with Crippen molar-refractivity contribution in [2.45, 2.75) is 12.5 Å². The maximum absolute atomic E-state index is 10.8. The smallest absolute Gasteiger partial charge is 0.321 e. The fourth-order valence-electron chi connectivity index (χ4n) is 0.982. The highest BCUT2D eigenvalue weighted by Gasteiger charge is 2.16. The Morgan fingerprint density at radius 1 is 2.00 bits per heavy atom. The van der Waals surface area contributed by atoms with Gasteiger partial charge < -0.3 is 15.0 Å². The van der Waals surface area contributed by atoms with Crippen LogP contribution in [0.25, 0.3) is 0 Å². The molecule has 0 aromatic carbocycles. The van der Waals surface area contributed by atoms with Crippen LogP contribution in [-0.2, 0) is 18.3 Å². The van der Waals surface area contributed by atoms with E-state index in [1.165, 1.54) is 6.33 Å². The molecule has 0 saturated carbocycles. The molecule has 0 spiro atoms. The van der Waals surface area contributed by atoms with Crippen LogP contribution in [0, 0.1) is 0 Å². The van der Waals surface area contributed by atoms with Gasteiger partial charge in [-0.1, -0.05) is 0 Å². The zero-order valence-corrected chi connectivity index (χ0v) is 7.19. The number of carboxylic acid groups (broad SMARTS) is 1. The summed E-state index contributed by atoms with van der Waals surface area (Å²) < 4.78 is 22.5. The number of carboxylic acids is 1. The fourth-order valence-corrected chi connectivity index (χ4v) is 0.982. The molecule has 1 rings (SSSR count). The second kappa shape index (κ2) is 4.04. The summed E-state index contributed by atoms with van der Waals surface area (Å²) in [5, 5.41) is 10.9. The van der Waals surface area contributed by atoms with E-state index in [4.69, 9.17) is 9.22 Å². The maximum atomic E-state index is 10.8. The molecule has 0 bridgehead atoms. The van der Waals surface area contributed by atoms with Crippen LogP contribution in [0.1, 0.15) is 9.81 Å². The molecule has 13 heavy (non-hydrogen) atoms. The molecular formula is C8H13N3O2. The first-order valence-electron chi connectivity index (χ1n) is 5.25. The molecule has 0 unspecified atom stereocenters. The van der Waals surface area contributed by atoms with Crippen LogP contribution in [-0.4, -0.2) is 33.6 Å². The van der Waals surface area contributed by atoms with Gasteiger partial charge in [0, 0.05) is 23.8 Å². The summed E-state index contributed by atoms with van der Waals surface area (Å²) in [6.45, 7) is -2.47. The molecule has 0 amide bonds. The topological polar surface area (TPSA) is 67.2 Å². The van der Waals surface area contributed by atoms with E-state index in [-0.39, 0.29) is 6.42 Å². The van der Waals surface area contributed by atoms with Crippen molar-refractivity contribution in [1.29, 1.82) is 0 Å². The number of hydrogen-bond donors (Lipinski definition) is 2. The van der Waals surface area contributed by atoms with E-state index in [1.807, 2.05) is 0 Å². The van der Waals surface area contributed by atoms with Crippen LogP contribution in [0.15, 0.2) is 12.5 Å². The minimum Gasteiger partial charge on any atom is -0.480 e. The van der Waals surface area contributed by atoms with Crippen LogP contribution >= 0.6 is 0 Å². The van der Waals surface area contributed by atoms with Crippen molar-refractivity contribution in [3.8, 4) is 0 Å². The number of likely N-dealkylation sites (N-methyl/N-ethyl adjacent to an activating group) is 1. The second-order valence-electron chi connectivity index (χ2n) is 2.77. The fraction of sp³-hybridized carbons (Fsp3) is 0.500. The van der Waals surface area contributed by atoms with Gasteiger partial charge in [-0.25, -0.2) is 4.98 Å². The standard InChI is InChI=1S/C8H13N3O2/c1-9-7(8(12)13)3-6-4-11(2)5-10-6/h4-5,7,9H,3H2,1-2H3,(H,12,13)/t7-/m0/s1/i1D3. The molecule has 1 heterocycles. The molecular weight excluding hydrogens is 170 g/mol. The Hall–Kier alpha value is -1.36. The first-order valence-corrected chi connectivity index (χ1v) is 3.75. The number of nitrogens with zero attached hydrogens (tertiary/aromatic N) is 2. The van der Waals surface area contributed by atoms with Crippen LogP contribution in [0.4, 0.5) is 0 Å². The summed E-state index contributed by atoms with van der Waals surface area (Å²) in [6.07, 6.45) is 3.22. The highest BCUT2D eigenvalue weighted by molar-refractivity contribution is 5.73. The van der Waals surface area contributed by atoms with Gasteiger partial charge in [0.15, 0.2) is 0 Å². The first kappa shape index (κ1) is 6.15. The second-order valence-corrected chi connectivity index (χ2v) is 2.77. The number of carbonyl (C=O) groups is 1. The van der Waals surface area contributed by atoms with Gasteiger partial charge >= 0.3 is 5.97 Å². The quantitative estimate of drug-likeness (QED) is 0.673. The normalized spacial score (nSPS) is 17.2. The number of aryl methyl sites for hydroxylation is 1. The summed E-state index contributed by atoms with van der Waals surface area (Å²) in [6, 6.07) is -1.16. The molecule has 72 valence electrons. The molecule has 0 fully saturated rings. The monoisotopic (exact) mass is 186 g/mol. The highest BCUT2D eigenvalue weighted by atomic mass is 16.4. The Balaban J connectivity index is 2.69. The summed E-state index contributed by atoms with van der Waals surface area (Å²) in [7, 11) is 1.75. The first-order chi connectivity index (χ1) is 7.28. The number of aliphatic carboxylic acids is 1. The van der Waals surface area contributed by atoms with E-state index in [0.717, 1.165) is 0 Å². The van der Waals surface area contributed by atoms with Crippen molar-refractivity contribution in [1.82, 2.24) is 14.9 Å². The largest absolute Gasteiger partial charge is 0.480 e. The van der Waals surface area contributed by atoms with E-state index in [9.17, 15) is 4.79 Å². The lowest BCUT2D eigenvalue weighted by atomic mass is 10.2. The van der Waals surface area contributed by atoms with Crippen LogP contribution < -0.4 is 5.32 Å². The minimum atomic E-state index is -2.47. The van der Waals surface area contributed by atoms with E-state index < -0.39 is 19.0 Å². The molecule has 1 atom stereocenters. The lowest BCUT2D eigenvalue weighted by Crippen LogP contribution is -2.35. The van der Waals surface area contributed by atoms with Gasteiger partial charge in [0.05, 0.1) is 12.0 Å². The number of nitrogens with one attached hydrogen (secondary N) is 1. The lowest BCUT2D eigenvalue weighted by Gasteiger charge is -2.08. The van der Waals surface area contributed by atoms with E-state index in [0.29, 0.717) is 5.69 Å². The molecule has 5 nitrogen and oxygen atoms in total. The number of hydrogen-bond acceptors (Lipinski definition) is 3. The highest BCUT2D eigenvalue weighted by Crippen LogP contribution is 1.99. The summed E-state index contributed by atoms with van der Waals surface area (Å²) in [4.78, 5) is 14.8. The molecule has 2 N–H and O–H groups in total. The third-order valence-corrected chi connectivity index (χ3v) is 1.64. The molecule has 0 radical (unpaired) electrons. The molecule has 1 aromatic heterocycles. The third kappa shape index (κ3) is 2.55. The summed E-state index contributed by atoms with van der Waals surface area (Å²) >= 11 is 0. The molecule has 5 heteroatoms. The average Bonchev–Trinajstić information content (AvgIpc) is 2.47. The van der Waals surface area contributed by atoms with Crippen molar-refractivity contribution in [2.24, 2.45) is 7.05 Å². The van der Waals surface area contributed by atoms with Gasteiger partial charge in [-0.3, -0.25) is 4.79 Å². The van der Waals surface area contributed by atoms with Crippen molar-refractivity contribution in [2.75, 3.05) is 6.98 Å². The van der Waals surface area contributed by atoms with Gasteiger partial charge in [0.25, 0.3) is 0 Å². The van der Waals surface area contributed by atoms with E-state index >= 15 is 0 Å². The van der Waals surface area contributed by atoms with E-state index in [2.05, 4.69) is 10.3 Å². The van der Waals surface area contributed by atoms with Gasteiger partial charge in [-0.05, 0) is 6.98 Å². The van der Waals surface area contributed by atoms with Gasteiger partial charge in [0.2, 0.25) is 0 Å². The predicted octanol–water partition coefficient (Wildman–Crippen LogP) is -0.365. The zero-order valence-electron chi connectivity index (χ0n) is 10.2. The van der Waals surface area contributed by atoms with Crippen LogP contribution in [0.3, 0.4) is 0 Å². The molecule has 1 aromatic rings. The van der Waals surface area contributed by atoms with Crippen LogP contribution in [0.5, 0.6) is 0 Å². The van der Waals surface area contributed by atoms with Crippen molar-refractivity contribution in [3.63, 3.8) is 0 Å². The average molecular weight is 186 g/mol. The van der Waals surface area contributed by atoms with Gasteiger partial charge in [-0.2, -0.15) is 0 Å². The molecule has 0 saturated heterocycles. The number of aromatic nitrogens is 2. The maximum Gasteiger partial charge on any atom is 0.321 e. The molecule has 0 aliphatic heterocycles. The van der Waals surface area contributed by atoms with Gasteiger partial charge in [0.1, 0.15) is 6.04 Å². The van der Waals surface area contributed by atoms with Crippen LogP contribution in [0.2, 0.25) is 0 Å². The Kier molecular flexibility index (Phi) is 1.91. The number of imidazole rings is 1. The predicted molar refractivity (Wildman–Crippen MR) is 47.4 cm³/mol. The zero-order chi connectivity index (χ0) is 12.3. The van der Waals surface area contributed by atoms with Crippen molar-refractivity contribution in [3.05, 3.63) is 18.2 Å². The SMILES string of the molecule is [2H]C([2H])([2H])N[C@@H](Cc1cn(C)cn1)C(=O)O. The molecule has 0 aliphatic rings. The minimum absolute atomic E-state index is 0.0363. The Morgan fingerprint density at radius 3 is 3.23 bits per heavy atom. The van der Waals surface area contributed by atoms with Gasteiger partial charge in [-0.15, -0.1) is 0 Å². The Labute approximate surface area is 80.6 Å². The van der Waals surface area contributed by atoms with Crippen molar-refractivity contribution < 1.29 is 14.0 Å². The summed E-state index contributed by atoms with van der Waals surface area (Å²) in [5.41, 5.74) is 0.534. The Bertz CT molecular complexity index is 375. The summed E-state index contributed by atoms with van der Waals surface area (Å²) in [5.74, 6) is -1.21.